The van der Waals surface area contributed by atoms with E-state index in [9.17, 15) is 0 Å². The molecule has 8 aromatic carbocycles. The fourth-order valence-corrected chi connectivity index (χ4v) is 11.3. The van der Waals surface area contributed by atoms with E-state index in [-0.39, 0.29) is 16.2 Å². The van der Waals surface area contributed by atoms with Gasteiger partial charge in [-0.05, 0) is 110 Å². The Morgan fingerprint density at radius 1 is 0.530 bits per heavy atom. The predicted octanol–water partition coefficient (Wildman–Crippen LogP) is 15.1. The summed E-state index contributed by atoms with van der Waals surface area (Å²) in [5, 5.41) is 9.83. The van der Waals surface area contributed by atoms with Crippen LogP contribution in [0.3, 0.4) is 0 Å². The standard InChI is InChI=1S/C61H51BN2O2/c1-59(2,3)36-18-21-38(22-19-36)63-50-31-48-43(39-23-20-37(60(4,5)6)28-47(39)61(48,7)8)29-44(50)41-24-25-42-45-30-46-40-16-12-13-17-53(40)65-56(46)33-51(45)64-52-26-35-27-54(34-14-10-9-11-15-34)66-55(35)32-49(52)62-57(41)58(42)64/h9-33,62-63H,1-8H3. The van der Waals surface area contributed by atoms with E-state index in [0.717, 1.165) is 68.4 Å². The number of aromatic nitrogens is 1. The summed E-state index contributed by atoms with van der Waals surface area (Å²) in [4.78, 5) is 0. The van der Waals surface area contributed by atoms with Gasteiger partial charge in [0.1, 0.15) is 22.5 Å². The third-order valence-electron chi connectivity index (χ3n) is 14.9. The summed E-state index contributed by atoms with van der Waals surface area (Å²) in [7, 11) is 0.752. The minimum Gasteiger partial charge on any atom is -0.456 e. The fourth-order valence-electron chi connectivity index (χ4n) is 11.3. The van der Waals surface area contributed by atoms with E-state index in [0.29, 0.717) is 0 Å². The molecule has 0 saturated heterocycles. The second kappa shape index (κ2) is 13.4. The number of nitrogens with one attached hydrogen (secondary N) is 1. The van der Waals surface area contributed by atoms with Crippen LogP contribution in [0.2, 0.25) is 0 Å². The molecule has 0 bridgehead atoms. The van der Waals surface area contributed by atoms with E-state index in [1.165, 1.54) is 77.4 Å². The highest BCUT2D eigenvalue weighted by Gasteiger charge is 2.38. The smallest absolute Gasteiger partial charge is 0.198 e. The van der Waals surface area contributed by atoms with Crippen molar-refractivity contribution in [2.45, 2.75) is 71.6 Å². The molecule has 0 atom stereocenters. The number of para-hydroxylation sites is 1. The zero-order valence-electron chi connectivity index (χ0n) is 38.9. The van der Waals surface area contributed by atoms with Gasteiger partial charge in [-0.25, -0.2) is 0 Å². The molecule has 0 amide bonds. The van der Waals surface area contributed by atoms with Gasteiger partial charge in [0.05, 0.1) is 5.52 Å². The second-order valence-electron chi connectivity index (χ2n) is 21.5. The highest BCUT2D eigenvalue weighted by molar-refractivity contribution is 6.73. The van der Waals surface area contributed by atoms with E-state index in [2.05, 4.69) is 205 Å². The van der Waals surface area contributed by atoms with Crippen LogP contribution < -0.4 is 16.2 Å². The topological polar surface area (TPSA) is 43.2 Å². The molecule has 1 aliphatic carbocycles. The summed E-state index contributed by atoms with van der Waals surface area (Å²) in [6.07, 6.45) is 0. The summed E-state index contributed by atoms with van der Waals surface area (Å²) in [6.45, 7) is 18.6. The van der Waals surface area contributed by atoms with Crippen molar-refractivity contribution < 1.29 is 8.83 Å². The molecular weight excluding hydrogens is 803 g/mol. The summed E-state index contributed by atoms with van der Waals surface area (Å²) >= 11 is 0. The van der Waals surface area contributed by atoms with E-state index in [1.807, 2.05) is 12.1 Å². The Balaban J connectivity index is 1.08. The largest absolute Gasteiger partial charge is 0.456 e. The molecule has 66 heavy (non-hydrogen) atoms. The lowest BCUT2D eigenvalue weighted by molar-refractivity contribution is 0.584. The van der Waals surface area contributed by atoms with Crippen molar-refractivity contribution in [3.05, 3.63) is 174 Å². The zero-order valence-corrected chi connectivity index (χ0v) is 38.9. The molecule has 1 aliphatic heterocycles. The Labute approximate surface area is 386 Å². The van der Waals surface area contributed by atoms with Crippen LogP contribution in [-0.2, 0) is 16.2 Å². The van der Waals surface area contributed by atoms with Crippen LogP contribution in [0.1, 0.15) is 77.6 Å². The molecule has 0 spiro atoms. The normalized spacial score (nSPS) is 14.0. The van der Waals surface area contributed by atoms with Crippen molar-refractivity contribution in [1.82, 2.24) is 4.57 Å². The van der Waals surface area contributed by atoms with Gasteiger partial charge >= 0.3 is 0 Å². The highest BCUT2D eigenvalue weighted by atomic mass is 16.3. The molecule has 5 heteroatoms. The van der Waals surface area contributed by atoms with Crippen LogP contribution in [0.5, 0.6) is 0 Å². The molecule has 1 N–H and O–H groups in total. The van der Waals surface area contributed by atoms with Crippen molar-refractivity contribution in [1.29, 1.82) is 0 Å². The summed E-state index contributed by atoms with van der Waals surface area (Å²) in [5.74, 6) is 0.875. The van der Waals surface area contributed by atoms with Gasteiger partial charge in [-0.3, -0.25) is 0 Å². The van der Waals surface area contributed by atoms with Crippen LogP contribution >= 0.6 is 0 Å². The Bertz CT molecular complexity index is 3850. The minimum atomic E-state index is -0.186. The van der Waals surface area contributed by atoms with E-state index in [1.54, 1.807) is 0 Å². The lowest BCUT2D eigenvalue weighted by Crippen LogP contribution is -2.37. The monoisotopic (exact) mass is 854 g/mol. The van der Waals surface area contributed by atoms with E-state index >= 15 is 0 Å². The summed E-state index contributed by atoms with van der Waals surface area (Å²) in [6, 6.07) is 56.2. The first-order chi connectivity index (χ1) is 31.7. The summed E-state index contributed by atoms with van der Waals surface area (Å²) in [5.41, 5.74) is 22.4. The molecule has 3 aromatic heterocycles. The second-order valence-corrected chi connectivity index (χ2v) is 21.5. The maximum absolute atomic E-state index is 6.67. The molecule has 0 radical (unpaired) electrons. The number of anilines is 2. The number of hydrogen-bond acceptors (Lipinski definition) is 3. The Morgan fingerprint density at radius 3 is 2.05 bits per heavy atom. The third-order valence-corrected chi connectivity index (χ3v) is 14.9. The number of nitrogens with zero attached hydrogens (tertiary/aromatic N) is 1. The van der Waals surface area contributed by atoms with Crippen molar-refractivity contribution in [3.8, 4) is 39.3 Å². The molecule has 0 fully saturated rings. The van der Waals surface area contributed by atoms with Crippen LogP contribution in [0.25, 0.3) is 94.0 Å². The van der Waals surface area contributed by atoms with E-state index in [4.69, 9.17) is 8.83 Å². The van der Waals surface area contributed by atoms with Gasteiger partial charge in [-0.1, -0.05) is 152 Å². The average molecular weight is 855 g/mol. The molecule has 0 unspecified atom stereocenters. The first kappa shape index (κ1) is 39.2. The lowest BCUT2D eigenvalue weighted by atomic mass is 9.59. The van der Waals surface area contributed by atoms with E-state index < -0.39 is 0 Å². The van der Waals surface area contributed by atoms with Gasteiger partial charge in [-0.15, -0.1) is 0 Å². The van der Waals surface area contributed by atoms with Gasteiger partial charge < -0.3 is 18.7 Å². The van der Waals surface area contributed by atoms with Gasteiger partial charge in [0.15, 0.2) is 7.28 Å². The molecule has 4 heterocycles. The third kappa shape index (κ3) is 5.71. The predicted molar refractivity (Wildman–Crippen MR) is 280 cm³/mol. The Kier molecular flexibility index (Phi) is 7.96. The SMILES string of the molecule is CC(C)(C)c1ccc(Nc2cc3c(cc2-c2ccc4c5cc6c(cc5n5c4c2Bc2cc4oc(-c7ccccc7)cc4cc2-5)oc2ccccc26)-c2ccc(C(C)(C)C)cc2C3(C)C)cc1. The van der Waals surface area contributed by atoms with Crippen LogP contribution in [-0.4, -0.2) is 11.8 Å². The first-order valence-electron chi connectivity index (χ1n) is 23.4. The summed E-state index contributed by atoms with van der Waals surface area (Å²) < 4.78 is 15.8. The molecule has 4 nitrogen and oxygen atoms in total. The number of fused-ring (bicyclic) bond motifs is 12. The molecule has 13 rings (SSSR count). The van der Waals surface area contributed by atoms with Gasteiger partial charge in [0.25, 0.3) is 0 Å². The molecule has 0 saturated carbocycles. The average Bonchev–Trinajstić information content (AvgIpc) is 4.03. The number of benzene rings is 8. The van der Waals surface area contributed by atoms with Gasteiger partial charge in [-0.2, -0.15) is 0 Å². The van der Waals surface area contributed by atoms with Crippen LogP contribution in [0.15, 0.2) is 160 Å². The van der Waals surface area contributed by atoms with Gasteiger partial charge in [0, 0.05) is 72.1 Å². The Morgan fingerprint density at radius 2 is 1.26 bits per heavy atom. The Hall–Kier alpha value is -7.24. The number of hydrogen-bond donors (Lipinski definition) is 1. The molecular formula is C61H51BN2O2. The van der Waals surface area contributed by atoms with Crippen molar-refractivity contribution in [2.75, 3.05) is 5.32 Å². The van der Waals surface area contributed by atoms with Crippen LogP contribution in [0.4, 0.5) is 11.4 Å². The number of furan rings is 2. The first-order valence-corrected chi connectivity index (χ1v) is 23.4. The van der Waals surface area contributed by atoms with Crippen molar-refractivity contribution in [3.63, 3.8) is 0 Å². The number of rotatable bonds is 4. The van der Waals surface area contributed by atoms with Crippen molar-refractivity contribution >= 4 is 84.3 Å². The van der Waals surface area contributed by atoms with Crippen molar-refractivity contribution in [2.24, 2.45) is 0 Å². The maximum Gasteiger partial charge on any atom is 0.198 e. The highest BCUT2D eigenvalue weighted by Crippen LogP contribution is 2.53. The maximum atomic E-state index is 6.67. The quantitative estimate of drug-likeness (QED) is 0.179. The minimum absolute atomic E-state index is 0.0454. The molecule has 320 valence electrons. The lowest BCUT2D eigenvalue weighted by Gasteiger charge is -2.26. The zero-order chi connectivity index (χ0) is 45.0. The van der Waals surface area contributed by atoms with Gasteiger partial charge in [0.2, 0.25) is 0 Å². The fraction of sp³-hybridized carbons (Fsp3) is 0.180. The molecule has 2 aliphatic rings. The molecule has 11 aromatic rings. The van der Waals surface area contributed by atoms with Crippen LogP contribution in [0, 0.1) is 0 Å².